The van der Waals surface area contributed by atoms with Gasteiger partial charge in [0, 0.05) is 43.7 Å². The highest BCUT2D eigenvalue weighted by molar-refractivity contribution is 7.09. The van der Waals surface area contributed by atoms with Gasteiger partial charge in [-0.25, -0.2) is 9.98 Å². The van der Waals surface area contributed by atoms with Crippen LogP contribution in [-0.2, 0) is 16.9 Å². The standard InChI is InChI=1S/C22H29N5O2S/c23-21(25-16-19-24-10-15-30-19)27-13-11-26(12-14-27)20(28)22(29,18-8-4-5-9-18)17-6-2-1-3-7-17/h1-3,6-7,10,15,18,29H,4-5,8-9,11-14,16H2,(H2,23,25). The summed E-state index contributed by atoms with van der Waals surface area (Å²) in [7, 11) is 0. The number of amides is 1. The van der Waals surface area contributed by atoms with Crippen molar-refractivity contribution in [3.05, 3.63) is 52.5 Å². The summed E-state index contributed by atoms with van der Waals surface area (Å²) in [5.74, 6) is 0.264. The van der Waals surface area contributed by atoms with Gasteiger partial charge in [0.1, 0.15) is 5.01 Å². The largest absolute Gasteiger partial charge is 0.375 e. The lowest BCUT2D eigenvalue weighted by atomic mass is 9.79. The van der Waals surface area contributed by atoms with Crippen molar-refractivity contribution in [1.82, 2.24) is 14.8 Å². The molecule has 1 unspecified atom stereocenters. The molecule has 0 bridgehead atoms. The Kier molecular flexibility index (Phi) is 6.34. The van der Waals surface area contributed by atoms with Crippen molar-refractivity contribution in [2.75, 3.05) is 26.2 Å². The van der Waals surface area contributed by atoms with E-state index in [0.29, 0.717) is 44.2 Å². The number of rotatable bonds is 5. The first-order valence-electron chi connectivity index (χ1n) is 10.6. The third kappa shape index (κ3) is 4.20. The summed E-state index contributed by atoms with van der Waals surface area (Å²) in [5.41, 5.74) is 5.41. The number of piperazine rings is 1. The molecule has 1 aromatic carbocycles. The molecule has 7 nitrogen and oxygen atoms in total. The highest BCUT2D eigenvalue weighted by atomic mass is 32.1. The lowest BCUT2D eigenvalue weighted by Gasteiger charge is -2.41. The Labute approximate surface area is 181 Å². The summed E-state index contributed by atoms with van der Waals surface area (Å²) in [4.78, 5) is 26.0. The zero-order valence-electron chi connectivity index (χ0n) is 17.1. The quantitative estimate of drug-likeness (QED) is 0.563. The van der Waals surface area contributed by atoms with Gasteiger partial charge in [0.25, 0.3) is 5.91 Å². The number of hydrogen-bond donors (Lipinski definition) is 2. The number of hydrogen-bond acceptors (Lipinski definition) is 5. The van der Waals surface area contributed by atoms with Gasteiger partial charge in [-0.15, -0.1) is 11.3 Å². The minimum atomic E-state index is -1.45. The third-order valence-electron chi connectivity index (χ3n) is 6.24. The maximum absolute atomic E-state index is 13.6. The van der Waals surface area contributed by atoms with Crippen LogP contribution >= 0.6 is 11.3 Å². The van der Waals surface area contributed by atoms with E-state index in [4.69, 9.17) is 5.73 Å². The predicted octanol–water partition coefficient (Wildman–Crippen LogP) is 2.18. The average molecular weight is 428 g/mol. The molecule has 1 saturated carbocycles. The smallest absolute Gasteiger partial charge is 0.259 e. The monoisotopic (exact) mass is 427 g/mol. The summed E-state index contributed by atoms with van der Waals surface area (Å²) in [6.07, 6.45) is 5.65. The van der Waals surface area contributed by atoms with Crippen LogP contribution in [0.2, 0.25) is 0 Å². The molecule has 160 valence electrons. The van der Waals surface area contributed by atoms with Gasteiger partial charge in [-0.1, -0.05) is 43.2 Å². The van der Waals surface area contributed by atoms with Crippen molar-refractivity contribution in [3.8, 4) is 0 Å². The topological polar surface area (TPSA) is 95.0 Å². The van der Waals surface area contributed by atoms with E-state index in [9.17, 15) is 9.90 Å². The Morgan fingerprint density at radius 1 is 1.17 bits per heavy atom. The highest BCUT2D eigenvalue weighted by Gasteiger charge is 2.48. The average Bonchev–Trinajstić information content (AvgIpc) is 3.52. The molecule has 2 fully saturated rings. The van der Waals surface area contributed by atoms with E-state index in [1.807, 2.05) is 40.6 Å². The summed E-state index contributed by atoms with van der Waals surface area (Å²) < 4.78 is 0. The SMILES string of the molecule is NC(=NCc1nccs1)N1CCN(C(=O)C(O)(c2ccccc2)C2CCCC2)CC1. The maximum atomic E-state index is 13.6. The first-order chi connectivity index (χ1) is 14.6. The molecule has 8 heteroatoms. The molecule has 0 radical (unpaired) electrons. The number of aliphatic hydroxyl groups is 1. The fourth-order valence-electron chi connectivity index (χ4n) is 4.53. The molecular weight excluding hydrogens is 398 g/mol. The van der Waals surface area contributed by atoms with Crippen LogP contribution in [0.25, 0.3) is 0 Å². The zero-order valence-corrected chi connectivity index (χ0v) is 17.9. The molecule has 0 spiro atoms. The number of aromatic nitrogens is 1. The number of thiazole rings is 1. The minimum absolute atomic E-state index is 0.0321. The molecule has 30 heavy (non-hydrogen) atoms. The Balaban J connectivity index is 1.43. The van der Waals surface area contributed by atoms with E-state index >= 15 is 0 Å². The molecule has 1 atom stereocenters. The van der Waals surface area contributed by atoms with Gasteiger partial charge in [-0.2, -0.15) is 0 Å². The lowest BCUT2D eigenvalue weighted by Crippen LogP contribution is -2.58. The fraction of sp³-hybridized carbons (Fsp3) is 0.500. The number of nitrogens with zero attached hydrogens (tertiary/aromatic N) is 4. The highest BCUT2D eigenvalue weighted by Crippen LogP contribution is 2.42. The van der Waals surface area contributed by atoms with Gasteiger partial charge in [0.05, 0.1) is 6.54 Å². The second kappa shape index (κ2) is 9.14. The third-order valence-corrected chi connectivity index (χ3v) is 7.00. The van der Waals surface area contributed by atoms with Gasteiger partial charge in [0.15, 0.2) is 11.6 Å². The van der Waals surface area contributed by atoms with Gasteiger partial charge >= 0.3 is 0 Å². The van der Waals surface area contributed by atoms with Gasteiger partial charge < -0.3 is 20.6 Å². The summed E-state index contributed by atoms with van der Waals surface area (Å²) in [6, 6.07) is 9.43. The van der Waals surface area contributed by atoms with E-state index in [-0.39, 0.29) is 11.8 Å². The van der Waals surface area contributed by atoms with E-state index in [1.54, 1.807) is 22.4 Å². The maximum Gasteiger partial charge on any atom is 0.259 e. The molecule has 3 N–H and O–H groups in total. The number of carbonyl (C=O) groups excluding carboxylic acids is 1. The van der Waals surface area contributed by atoms with Crippen molar-refractivity contribution in [2.45, 2.75) is 37.8 Å². The van der Waals surface area contributed by atoms with E-state index in [2.05, 4.69) is 9.98 Å². The molecule has 2 aromatic rings. The second-order valence-electron chi connectivity index (χ2n) is 7.99. The fourth-order valence-corrected chi connectivity index (χ4v) is 5.07. The molecule has 2 heterocycles. The van der Waals surface area contributed by atoms with Crippen molar-refractivity contribution in [2.24, 2.45) is 16.6 Å². The van der Waals surface area contributed by atoms with E-state index in [1.165, 1.54) is 0 Å². The summed E-state index contributed by atoms with van der Waals surface area (Å²) >= 11 is 1.56. The Morgan fingerprint density at radius 3 is 2.47 bits per heavy atom. The van der Waals surface area contributed by atoms with Crippen LogP contribution in [0, 0.1) is 5.92 Å². The van der Waals surface area contributed by atoms with Gasteiger partial charge in [-0.3, -0.25) is 4.79 Å². The summed E-state index contributed by atoms with van der Waals surface area (Å²) in [5, 5.41) is 14.6. The van der Waals surface area contributed by atoms with Crippen LogP contribution in [0.15, 0.2) is 46.9 Å². The van der Waals surface area contributed by atoms with Crippen LogP contribution < -0.4 is 5.73 Å². The van der Waals surface area contributed by atoms with Crippen LogP contribution in [0.3, 0.4) is 0 Å². The minimum Gasteiger partial charge on any atom is -0.375 e. The molecular formula is C22H29N5O2S. The summed E-state index contributed by atoms with van der Waals surface area (Å²) in [6.45, 7) is 2.73. The molecule has 1 aliphatic carbocycles. The van der Waals surface area contributed by atoms with Crippen LogP contribution in [0.5, 0.6) is 0 Å². The molecule has 1 aromatic heterocycles. The number of nitrogens with two attached hydrogens (primary N) is 1. The lowest BCUT2D eigenvalue weighted by molar-refractivity contribution is -0.160. The second-order valence-corrected chi connectivity index (χ2v) is 8.97. The first kappa shape index (κ1) is 20.8. The molecule has 2 aliphatic rings. The Bertz CT molecular complexity index is 859. The number of guanidine groups is 1. The number of carbonyl (C=O) groups is 1. The van der Waals surface area contributed by atoms with Crippen molar-refractivity contribution >= 4 is 23.2 Å². The zero-order chi connectivity index (χ0) is 21.0. The molecule has 4 rings (SSSR count). The van der Waals surface area contributed by atoms with Gasteiger partial charge in [-0.05, 0) is 18.4 Å². The number of aliphatic imine (C=N–C) groups is 1. The van der Waals surface area contributed by atoms with Crippen LogP contribution in [0.4, 0.5) is 0 Å². The van der Waals surface area contributed by atoms with Crippen molar-refractivity contribution in [3.63, 3.8) is 0 Å². The van der Waals surface area contributed by atoms with Crippen molar-refractivity contribution in [1.29, 1.82) is 0 Å². The molecule has 1 aliphatic heterocycles. The Hall–Kier alpha value is -2.45. The predicted molar refractivity (Wildman–Crippen MR) is 118 cm³/mol. The van der Waals surface area contributed by atoms with E-state index < -0.39 is 5.60 Å². The van der Waals surface area contributed by atoms with E-state index in [0.717, 1.165) is 30.7 Å². The first-order valence-corrected chi connectivity index (χ1v) is 11.5. The number of benzene rings is 1. The van der Waals surface area contributed by atoms with Crippen LogP contribution in [-0.4, -0.2) is 57.9 Å². The molecule has 1 saturated heterocycles. The van der Waals surface area contributed by atoms with Crippen LogP contribution in [0.1, 0.15) is 36.3 Å². The van der Waals surface area contributed by atoms with Gasteiger partial charge in [0.2, 0.25) is 0 Å². The van der Waals surface area contributed by atoms with Crippen molar-refractivity contribution < 1.29 is 9.90 Å². The molecule has 1 amide bonds. The Morgan fingerprint density at radius 2 is 1.83 bits per heavy atom. The normalized spacial score (nSPS) is 20.4.